The largest absolute Gasteiger partial charge is 0.339 e. The molecule has 2 N–H and O–H groups in total. The van der Waals surface area contributed by atoms with Gasteiger partial charge in [-0.25, -0.2) is 10.1 Å². The van der Waals surface area contributed by atoms with Gasteiger partial charge < -0.3 is 10.6 Å². The Morgan fingerprint density at radius 2 is 2.00 bits per heavy atom. The van der Waals surface area contributed by atoms with Crippen molar-refractivity contribution in [1.29, 1.82) is 0 Å². The third kappa shape index (κ3) is 5.06. The first-order valence-corrected chi connectivity index (χ1v) is 8.04. The van der Waals surface area contributed by atoms with Gasteiger partial charge in [-0.15, -0.1) is 0 Å². The highest BCUT2D eigenvalue weighted by atomic mass is 35.5. The fourth-order valence-corrected chi connectivity index (χ4v) is 2.55. The summed E-state index contributed by atoms with van der Waals surface area (Å²) in [6.45, 7) is -0.124. The maximum atomic E-state index is 13.8. The number of anilines is 1. The van der Waals surface area contributed by atoms with Crippen LogP contribution in [0.2, 0.25) is 5.02 Å². The summed E-state index contributed by atoms with van der Waals surface area (Å²) in [5.41, 5.74) is 1.55. The van der Waals surface area contributed by atoms with Crippen LogP contribution in [0.4, 0.5) is 10.2 Å². The molecule has 0 atom stereocenters. The number of nitrogens with zero attached hydrogens (tertiary/aromatic N) is 2. The van der Waals surface area contributed by atoms with Crippen molar-refractivity contribution < 1.29 is 9.28 Å². The van der Waals surface area contributed by atoms with E-state index in [0.29, 0.717) is 15.8 Å². The summed E-state index contributed by atoms with van der Waals surface area (Å²) in [5.74, 6) is 0.254. The summed E-state index contributed by atoms with van der Waals surface area (Å²) in [6, 6.07) is 16.3. The number of aliphatic imine (C=N–C) groups is 1. The Kier molecular flexibility index (Phi) is 5.30. The lowest BCUT2D eigenvalue weighted by Crippen LogP contribution is -2.39. The third-order valence-corrected chi connectivity index (χ3v) is 3.64. The number of carbonyl (C=O) groups is 1. The minimum absolute atomic E-state index is 0.124. The molecule has 0 spiro atoms. The Labute approximate surface area is 149 Å². The Balaban J connectivity index is 1.66. The highest BCUT2D eigenvalue weighted by Gasteiger charge is 2.16. The van der Waals surface area contributed by atoms with Crippen molar-refractivity contribution in [2.75, 3.05) is 11.9 Å². The second-order valence-corrected chi connectivity index (χ2v) is 5.91. The molecular weight excluding hydrogens is 343 g/mol. The first-order valence-electron chi connectivity index (χ1n) is 7.67. The van der Waals surface area contributed by atoms with E-state index in [4.69, 9.17) is 11.6 Å². The molecule has 1 amide bonds. The summed E-state index contributed by atoms with van der Waals surface area (Å²) < 4.78 is 13.8. The maximum Gasteiger partial charge on any atom is 0.229 e. The van der Waals surface area contributed by atoms with Crippen molar-refractivity contribution in [1.82, 2.24) is 10.4 Å². The molecule has 128 valence electrons. The molecule has 5 nitrogen and oxygen atoms in total. The van der Waals surface area contributed by atoms with E-state index >= 15 is 0 Å². The quantitative estimate of drug-likeness (QED) is 0.822. The van der Waals surface area contributed by atoms with Gasteiger partial charge in [0.05, 0.1) is 12.6 Å². The molecule has 0 saturated heterocycles. The van der Waals surface area contributed by atoms with Gasteiger partial charge in [0.15, 0.2) is 5.82 Å². The molecule has 2 aromatic rings. The zero-order valence-electron chi connectivity index (χ0n) is 13.2. The van der Waals surface area contributed by atoms with Crippen LogP contribution in [0.5, 0.6) is 0 Å². The molecule has 2 aromatic carbocycles. The summed E-state index contributed by atoms with van der Waals surface area (Å²) in [7, 11) is 0. The molecule has 3 rings (SSSR count). The minimum atomic E-state index is -0.248. The van der Waals surface area contributed by atoms with E-state index < -0.39 is 0 Å². The van der Waals surface area contributed by atoms with Gasteiger partial charge in [-0.1, -0.05) is 52.5 Å². The average Bonchev–Trinajstić information content (AvgIpc) is 2.55. The van der Waals surface area contributed by atoms with E-state index in [1.807, 2.05) is 30.3 Å². The molecule has 0 fully saturated rings. The van der Waals surface area contributed by atoms with Gasteiger partial charge in [0.25, 0.3) is 0 Å². The normalized spacial score (nSPS) is 13.8. The predicted octanol–water partition coefficient (Wildman–Crippen LogP) is 3.51. The van der Waals surface area contributed by atoms with E-state index in [1.165, 1.54) is 6.20 Å². The van der Waals surface area contributed by atoms with Crippen LogP contribution in [0.25, 0.3) is 0 Å². The zero-order chi connectivity index (χ0) is 17.6. The number of carbonyl (C=O) groups excluding carboxylic acids is 1. The van der Waals surface area contributed by atoms with Crippen LogP contribution < -0.4 is 10.6 Å². The maximum absolute atomic E-state index is 13.8. The molecule has 0 aromatic heterocycles. The standard InChI is InChI=1S/C18H16ClFN4O/c19-14-7-4-8-15(10-14)21-16-11-24(20)12-17(22-16)23-18(25)9-13-5-2-1-3-6-13/h1-8,10-11,21H,9,12H2,(H,22,23,25). The van der Waals surface area contributed by atoms with Crippen molar-refractivity contribution in [2.24, 2.45) is 4.99 Å². The van der Waals surface area contributed by atoms with Crippen molar-refractivity contribution in [3.05, 3.63) is 77.2 Å². The molecule has 0 unspecified atom stereocenters. The van der Waals surface area contributed by atoms with Gasteiger partial charge in [-0.05, 0) is 23.8 Å². The van der Waals surface area contributed by atoms with E-state index in [0.717, 1.165) is 5.56 Å². The number of hydrogen-bond acceptors (Lipinski definition) is 4. The summed E-state index contributed by atoms with van der Waals surface area (Å²) in [4.78, 5) is 16.4. The summed E-state index contributed by atoms with van der Waals surface area (Å²) >= 11 is 5.93. The monoisotopic (exact) mass is 358 g/mol. The van der Waals surface area contributed by atoms with Gasteiger partial charge in [0.2, 0.25) is 5.91 Å². The lowest BCUT2D eigenvalue weighted by Gasteiger charge is -2.20. The number of amides is 1. The Morgan fingerprint density at radius 3 is 2.76 bits per heavy atom. The molecule has 1 aliphatic heterocycles. The highest BCUT2D eigenvalue weighted by Crippen LogP contribution is 2.18. The molecular formula is C18H16ClFN4O. The number of benzene rings is 2. The van der Waals surface area contributed by atoms with Crippen LogP contribution in [0.15, 0.2) is 71.6 Å². The van der Waals surface area contributed by atoms with Crippen LogP contribution in [-0.2, 0) is 11.2 Å². The molecule has 1 heterocycles. The number of amidine groups is 1. The lowest BCUT2D eigenvalue weighted by molar-refractivity contribution is -0.119. The van der Waals surface area contributed by atoms with Crippen LogP contribution >= 0.6 is 11.6 Å². The highest BCUT2D eigenvalue weighted by molar-refractivity contribution is 6.30. The van der Waals surface area contributed by atoms with Crippen LogP contribution in [-0.4, -0.2) is 23.4 Å². The van der Waals surface area contributed by atoms with Crippen molar-refractivity contribution >= 4 is 29.0 Å². The van der Waals surface area contributed by atoms with Crippen molar-refractivity contribution in [3.63, 3.8) is 0 Å². The van der Waals surface area contributed by atoms with Gasteiger partial charge in [-0.2, -0.15) is 0 Å². The molecule has 0 saturated carbocycles. The minimum Gasteiger partial charge on any atom is -0.339 e. The smallest absolute Gasteiger partial charge is 0.229 e. The van der Waals surface area contributed by atoms with Crippen molar-refractivity contribution in [3.8, 4) is 0 Å². The van der Waals surface area contributed by atoms with Gasteiger partial charge >= 0.3 is 0 Å². The summed E-state index contributed by atoms with van der Waals surface area (Å²) in [5, 5.41) is 6.62. The topological polar surface area (TPSA) is 56.7 Å². The fraction of sp³-hybridized carbons (Fsp3) is 0.111. The van der Waals surface area contributed by atoms with Crippen molar-refractivity contribution in [2.45, 2.75) is 6.42 Å². The molecule has 0 radical (unpaired) electrons. The Morgan fingerprint density at radius 1 is 1.20 bits per heavy atom. The molecule has 1 aliphatic rings. The van der Waals surface area contributed by atoms with E-state index in [1.54, 1.807) is 24.3 Å². The number of hydrogen-bond donors (Lipinski definition) is 2. The van der Waals surface area contributed by atoms with E-state index in [-0.39, 0.29) is 30.5 Å². The molecule has 0 aliphatic carbocycles. The lowest BCUT2D eigenvalue weighted by atomic mass is 10.1. The Hall–Kier alpha value is -2.86. The fourth-order valence-electron chi connectivity index (χ4n) is 2.36. The first kappa shape index (κ1) is 17.0. The van der Waals surface area contributed by atoms with Gasteiger partial charge in [0, 0.05) is 10.7 Å². The number of rotatable bonds is 4. The zero-order valence-corrected chi connectivity index (χ0v) is 14.0. The van der Waals surface area contributed by atoms with Crippen LogP contribution in [0, 0.1) is 0 Å². The third-order valence-electron chi connectivity index (χ3n) is 3.41. The summed E-state index contributed by atoms with van der Waals surface area (Å²) in [6.07, 6.45) is 1.42. The average molecular weight is 359 g/mol. The SMILES string of the molecule is O=C(Cc1ccccc1)NC1=NC(Nc2cccc(Cl)c2)=CN(F)C1. The van der Waals surface area contributed by atoms with Gasteiger partial charge in [-0.3, -0.25) is 4.79 Å². The Bertz CT molecular complexity index is 823. The molecule has 7 heteroatoms. The second-order valence-electron chi connectivity index (χ2n) is 5.48. The van der Waals surface area contributed by atoms with Crippen LogP contribution in [0.3, 0.4) is 0 Å². The number of nitrogens with one attached hydrogen (secondary N) is 2. The van der Waals surface area contributed by atoms with E-state index in [2.05, 4.69) is 15.6 Å². The predicted molar refractivity (Wildman–Crippen MR) is 96.7 cm³/mol. The molecule has 25 heavy (non-hydrogen) atoms. The first-order chi connectivity index (χ1) is 12.1. The van der Waals surface area contributed by atoms with Gasteiger partial charge in [0.1, 0.15) is 12.4 Å². The van der Waals surface area contributed by atoms with E-state index in [9.17, 15) is 9.28 Å². The van der Waals surface area contributed by atoms with Crippen LogP contribution in [0.1, 0.15) is 5.56 Å². The molecule has 0 bridgehead atoms. The second kappa shape index (κ2) is 7.81. The number of halogens is 2.